The largest absolute Gasteiger partial charge is 0.293 e. The molecule has 0 amide bonds. The third-order valence-electron chi connectivity index (χ3n) is 4.77. The molecule has 1 aliphatic rings. The topological polar surface area (TPSA) is 42.9 Å². The second-order valence-electron chi connectivity index (χ2n) is 6.70. The predicted molar refractivity (Wildman–Crippen MR) is 105 cm³/mol. The number of nitrogens with zero attached hydrogens (tertiary/aromatic N) is 2. The standard InChI is InChI=1S/C20H20N2OS2/c1-12-8-9-15-16(10-12)25-20-17(15)19(21-11-22-20)24-13(2)18(23)14-6-4-3-5-7-14/h3-7,11-13H,8-10H2,1-2H3/t12-,13+/m1/s1. The summed E-state index contributed by atoms with van der Waals surface area (Å²) in [5.74, 6) is 0.887. The second kappa shape index (κ2) is 6.89. The van der Waals surface area contributed by atoms with Crippen LogP contribution in [0.25, 0.3) is 10.2 Å². The molecule has 0 saturated heterocycles. The molecule has 2 heterocycles. The number of fused-ring (bicyclic) bond motifs is 3. The lowest BCUT2D eigenvalue weighted by Crippen LogP contribution is -2.14. The third-order valence-corrected chi connectivity index (χ3v) is 7.04. The number of Topliss-reactive ketones (excluding diaryl/α,β-unsaturated/α-hetero) is 1. The Morgan fingerprint density at radius 3 is 2.88 bits per heavy atom. The van der Waals surface area contributed by atoms with Gasteiger partial charge in [0, 0.05) is 15.8 Å². The van der Waals surface area contributed by atoms with Crippen LogP contribution in [0.1, 0.15) is 41.1 Å². The van der Waals surface area contributed by atoms with Crippen LogP contribution in [0.2, 0.25) is 0 Å². The lowest BCUT2D eigenvalue weighted by atomic mass is 9.89. The monoisotopic (exact) mass is 368 g/mol. The number of aryl methyl sites for hydroxylation is 1. The summed E-state index contributed by atoms with van der Waals surface area (Å²) < 4.78 is 0. The van der Waals surface area contributed by atoms with Crippen LogP contribution in [0.4, 0.5) is 0 Å². The van der Waals surface area contributed by atoms with Gasteiger partial charge in [0.15, 0.2) is 5.78 Å². The molecule has 0 radical (unpaired) electrons. The molecule has 3 aromatic rings. The molecule has 0 N–H and O–H groups in total. The van der Waals surface area contributed by atoms with Gasteiger partial charge in [-0.3, -0.25) is 4.79 Å². The molecular weight excluding hydrogens is 348 g/mol. The number of rotatable bonds is 4. The van der Waals surface area contributed by atoms with Gasteiger partial charge < -0.3 is 0 Å². The van der Waals surface area contributed by atoms with Crippen molar-refractivity contribution in [1.29, 1.82) is 0 Å². The van der Waals surface area contributed by atoms with E-state index in [0.717, 1.165) is 34.2 Å². The average molecular weight is 369 g/mol. The van der Waals surface area contributed by atoms with Gasteiger partial charge in [-0.25, -0.2) is 9.97 Å². The minimum Gasteiger partial charge on any atom is -0.293 e. The van der Waals surface area contributed by atoms with Crippen molar-refractivity contribution < 1.29 is 4.79 Å². The number of carbonyl (C=O) groups excluding carboxylic acids is 1. The zero-order chi connectivity index (χ0) is 17.4. The van der Waals surface area contributed by atoms with E-state index in [1.807, 2.05) is 37.3 Å². The average Bonchev–Trinajstić information content (AvgIpc) is 3.00. The maximum Gasteiger partial charge on any atom is 0.175 e. The van der Waals surface area contributed by atoms with Crippen LogP contribution >= 0.6 is 23.1 Å². The molecule has 1 aromatic carbocycles. The number of ketones is 1. The van der Waals surface area contributed by atoms with E-state index in [1.54, 1.807) is 29.4 Å². The summed E-state index contributed by atoms with van der Waals surface area (Å²) in [7, 11) is 0. The summed E-state index contributed by atoms with van der Waals surface area (Å²) in [6.07, 6.45) is 5.09. The van der Waals surface area contributed by atoms with Crippen molar-refractivity contribution in [2.45, 2.75) is 43.4 Å². The lowest BCUT2D eigenvalue weighted by molar-refractivity contribution is 0.0994. The number of aromatic nitrogens is 2. The fourth-order valence-electron chi connectivity index (χ4n) is 3.39. The first kappa shape index (κ1) is 16.7. The lowest BCUT2D eigenvalue weighted by Gasteiger charge is -2.18. The Bertz CT molecular complexity index is 920. The van der Waals surface area contributed by atoms with E-state index in [4.69, 9.17) is 0 Å². The highest BCUT2D eigenvalue weighted by Crippen LogP contribution is 2.41. The van der Waals surface area contributed by atoms with E-state index in [0.29, 0.717) is 0 Å². The molecule has 0 unspecified atom stereocenters. The summed E-state index contributed by atoms with van der Waals surface area (Å²) in [6.45, 7) is 4.28. The van der Waals surface area contributed by atoms with Crippen LogP contribution in [0.5, 0.6) is 0 Å². The van der Waals surface area contributed by atoms with Gasteiger partial charge in [0.1, 0.15) is 16.2 Å². The molecule has 0 spiro atoms. The van der Waals surface area contributed by atoms with Crippen molar-refractivity contribution >= 4 is 39.1 Å². The van der Waals surface area contributed by atoms with Crippen molar-refractivity contribution in [3.63, 3.8) is 0 Å². The normalized spacial score (nSPS) is 18.1. The fourth-order valence-corrected chi connectivity index (χ4v) is 5.83. The Morgan fingerprint density at radius 1 is 1.28 bits per heavy atom. The maximum absolute atomic E-state index is 12.7. The van der Waals surface area contributed by atoms with Crippen molar-refractivity contribution in [3.05, 3.63) is 52.7 Å². The minimum absolute atomic E-state index is 0.148. The molecule has 25 heavy (non-hydrogen) atoms. The summed E-state index contributed by atoms with van der Waals surface area (Å²) in [5.41, 5.74) is 2.18. The minimum atomic E-state index is -0.168. The molecule has 5 heteroatoms. The number of thiophene rings is 1. The van der Waals surface area contributed by atoms with E-state index in [1.165, 1.54) is 22.2 Å². The Balaban J connectivity index is 1.67. The summed E-state index contributed by atoms with van der Waals surface area (Å²) in [4.78, 5) is 24.2. The molecule has 0 bridgehead atoms. The molecular formula is C20H20N2OS2. The third kappa shape index (κ3) is 3.23. The van der Waals surface area contributed by atoms with Crippen LogP contribution in [0.3, 0.4) is 0 Å². The first-order valence-electron chi connectivity index (χ1n) is 8.64. The van der Waals surface area contributed by atoms with Gasteiger partial charge in [-0.05, 0) is 37.7 Å². The van der Waals surface area contributed by atoms with E-state index in [-0.39, 0.29) is 11.0 Å². The Kier molecular flexibility index (Phi) is 4.61. The Labute approximate surface area is 155 Å². The first-order chi connectivity index (χ1) is 12.1. The van der Waals surface area contributed by atoms with Crippen LogP contribution < -0.4 is 0 Å². The highest BCUT2D eigenvalue weighted by atomic mass is 32.2. The van der Waals surface area contributed by atoms with Crippen LogP contribution in [0.15, 0.2) is 41.7 Å². The predicted octanol–water partition coefficient (Wildman–Crippen LogP) is 5.18. The van der Waals surface area contributed by atoms with Crippen molar-refractivity contribution in [1.82, 2.24) is 9.97 Å². The fraction of sp³-hybridized carbons (Fsp3) is 0.350. The molecule has 0 saturated carbocycles. The summed E-state index contributed by atoms with van der Waals surface area (Å²) >= 11 is 3.36. The van der Waals surface area contributed by atoms with Gasteiger partial charge in [-0.15, -0.1) is 11.3 Å². The van der Waals surface area contributed by atoms with E-state index in [9.17, 15) is 4.79 Å². The first-order valence-corrected chi connectivity index (χ1v) is 10.3. The highest BCUT2D eigenvalue weighted by Gasteiger charge is 2.25. The molecule has 128 valence electrons. The van der Waals surface area contributed by atoms with Crippen LogP contribution in [-0.2, 0) is 12.8 Å². The Morgan fingerprint density at radius 2 is 2.08 bits per heavy atom. The number of benzene rings is 1. The SMILES string of the molecule is C[C@@H]1CCc2c(sc3ncnc(S[C@@H](C)C(=O)c4ccccc4)c23)C1. The number of carbonyl (C=O) groups is 1. The van der Waals surface area contributed by atoms with E-state index in [2.05, 4.69) is 16.9 Å². The van der Waals surface area contributed by atoms with Crippen LogP contribution in [0, 0.1) is 5.92 Å². The molecule has 4 rings (SSSR count). The van der Waals surface area contributed by atoms with Crippen molar-refractivity contribution in [2.75, 3.05) is 0 Å². The smallest absolute Gasteiger partial charge is 0.175 e. The van der Waals surface area contributed by atoms with Gasteiger partial charge >= 0.3 is 0 Å². The van der Waals surface area contributed by atoms with Gasteiger partial charge in [-0.2, -0.15) is 0 Å². The Hall–Kier alpha value is -1.72. The van der Waals surface area contributed by atoms with Gasteiger partial charge in [0.2, 0.25) is 0 Å². The molecule has 0 aliphatic heterocycles. The quantitative estimate of drug-likeness (QED) is 0.361. The van der Waals surface area contributed by atoms with Crippen molar-refractivity contribution in [3.8, 4) is 0 Å². The van der Waals surface area contributed by atoms with Gasteiger partial charge in [-0.1, -0.05) is 49.0 Å². The number of thioether (sulfide) groups is 1. The molecule has 3 nitrogen and oxygen atoms in total. The van der Waals surface area contributed by atoms with E-state index >= 15 is 0 Å². The molecule has 0 fully saturated rings. The van der Waals surface area contributed by atoms with Crippen LogP contribution in [-0.4, -0.2) is 21.0 Å². The molecule has 2 aromatic heterocycles. The molecule has 1 aliphatic carbocycles. The van der Waals surface area contributed by atoms with Gasteiger partial charge in [0.25, 0.3) is 0 Å². The maximum atomic E-state index is 12.7. The zero-order valence-electron chi connectivity index (χ0n) is 14.4. The van der Waals surface area contributed by atoms with Crippen molar-refractivity contribution in [2.24, 2.45) is 5.92 Å². The highest BCUT2D eigenvalue weighted by molar-refractivity contribution is 8.00. The number of hydrogen-bond acceptors (Lipinski definition) is 5. The van der Waals surface area contributed by atoms with E-state index < -0.39 is 0 Å². The summed E-state index contributed by atoms with van der Waals surface area (Å²) in [6, 6.07) is 9.50. The second-order valence-corrected chi connectivity index (χ2v) is 9.11. The number of hydrogen-bond donors (Lipinski definition) is 0. The van der Waals surface area contributed by atoms with Gasteiger partial charge in [0.05, 0.1) is 5.25 Å². The molecule has 2 atom stereocenters. The summed E-state index contributed by atoms with van der Waals surface area (Å²) in [5, 5.41) is 1.97. The zero-order valence-corrected chi connectivity index (χ0v) is 16.0.